The number of benzene rings is 1. The average Bonchev–Trinajstić information content (AvgIpc) is 2.48. The van der Waals surface area contributed by atoms with Crippen LogP contribution in [0.15, 0.2) is 30.3 Å². The van der Waals surface area contributed by atoms with E-state index in [2.05, 4.69) is 54.4 Å². The van der Waals surface area contributed by atoms with Crippen LogP contribution in [0, 0.1) is 0 Å². The lowest BCUT2D eigenvalue weighted by atomic mass is 10.1. The van der Waals surface area contributed by atoms with E-state index >= 15 is 0 Å². The molecule has 1 aliphatic rings. The molecule has 0 aromatic heterocycles. The highest BCUT2D eigenvalue weighted by Crippen LogP contribution is 2.10. The molecular weight excluding hydrogens is 248 g/mol. The molecule has 0 bridgehead atoms. The third kappa shape index (κ3) is 5.23. The van der Waals surface area contributed by atoms with Crippen LogP contribution >= 0.6 is 0 Å². The van der Waals surface area contributed by atoms with E-state index in [4.69, 9.17) is 4.74 Å². The predicted octanol–water partition coefficient (Wildman–Crippen LogP) is 2.67. The summed E-state index contributed by atoms with van der Waals surface area (Å²) >= 11 is 0. The van der Waals surface area contributed by atoms with E-state index in [0.29, 0.717) is 12.1 Å². The Morgan fingerprint density at radius 3 is 2.55 bits per heavy atom. The van der Waals surface area contributed by atoms with Crippen molar-refractivity contribution in [2.75, 3.05) is 26.2 Å². The maximum atomic E-state index is 6.02. The molecule has 0 aliphatic carbocycles. The van der Waals surface area contributed by atoms with E-state index in [1.54, 1.807) is 0 Å². The molecule has 1 saturated heterocycles. The van der Waals surface area contributed by atoms with Gasteiger partial charge in [0.2, 0.25) is 0 Å². The van der Waals surface area contributed by atoms with Crippen molar-refractivity contribution < 1.29 is 4.74 Å². The van der Waals surface area contributed by atoms with Crippen molar-refractivity contribution in [1.29, 1.82) is 0 Å². The monoisotopic (exact) mass is 276 g/mol. The normalized spacial score (nSPS) is 17.0. The minimum absolute atomic E-state index is 0.460. The molecule has 0 saturated carbocycles. The Hall–Kier alpha value is -0.900. The summed E-state index contributed by atoms with van der Waals surface area (Å²) in [5.41, 5.74) is 1.38. The quantitative estimate of drug-likeness (QED) is 0.828. The molecule has 1 aromatic carbocycles. The maximum absolute atomic E-state index is 6.02. The first-order chi connectivity index (χ1) is 9.75. The van der Waals surface area contributed by atoms with Gasteiger partial charge in [-0.25, -0.2) is 0 Å². The Balaban J connectivity index is 1.74. The van der Waals surface area contributed by atoms with Crippen molar-refractivity contribution >= 4 is 0 Å². The Bertz CT molecular complexity index is 361. The van der Waals surface area contributed by atoms with Crippen LogP contribution in [0.2, 0.25) is 0 Å². The van der Waals surface area contributed by atoms with Gasteiger partial charge in [-0.3, -0.25) is 4.90 Å². The van der Waals surface area contributed by atoms with E-state index < -0.39 is 0 Å². The van der Waals surface area contributed by atoms with Gasteiger partial charge in [0.05, 0.1) is 12.7 Å². The first-order valence-corrected chi connectivity index (χ1v) is 7.86. The summed E-state index contributed by atoms with van der Waals surface area (Å²) < 4.78 is 6.02. The van der Waals surface area contributed by atoms with Gasteiger partial charge in [-0.05, 0) is 45.3 Å². The number of piperidine rings is 1. The van der Waals surface area contributed by atoms with Crippen molar-refractivity contribution in [2.45, 2.75) is 45.4 Å². The highest BCUT2D eigenvalue weighted by Gasteiger charge is 2.15. The third-order valence-corrected chi connectivity index (χ3v) is 3.98. The summed E-state index contributed by atoms with van der Waals surface area (Å²) in [7, 11) is 0. The lowest BCUT2D eigenvalue weighted by Crippen LogP contribution is -2.36. The summed E-state index contributed by atoms with van der Waals surface area (Å²) in [4.78, 5) is 2.48. The van der Waals surface area contributed by atoms with E-state index in [0.717, 1.165) is 45.6 Å². The van der Waals surface area contributed by atoms with Gasteiger partial charge in [0, 0.05) is 19.1 Å². The van der Waals surface area contributed by atoms with Gasteiger partial charge >= 0.3 is 0 Å². The standard InChI is InChI=1S/C17H28N2O/c1-15(2)19(14-16-6-4-3-5-7-16)12-13-20-17-8-10-18-11-9-17/h3-7,15,17-18H,8-14H2,1-2H3. The van der Waals surface area contributed by atoms with Gasteiger partial charge in [0.15, 0.2) is 0 Å². The zero-order valence-corrected chi connectivity index (χ0v) is 12.8. The van der Waals surface area contributed by atoms with Gasteiger partial charge < -0.3 is 10.1 Å². The topological polar surface area (TPSA) is 24.5 Å². The van der Waals surface area contributed by atoms with E-state index in [-0.39, 0.29) is 0 Å². The minimum atomic E-state index is 0.460. The smallest absolute Gasteiger partial charge is 0.0600 e. The SMILES string of the molecule is CC(C)N(CCOC1CCNCC1)Cc1ccccc1. The highest BCUT2D eigenvalue weighted by atomic mass is 16.5. The van der Waals surface area contributed by atoms with Crippen LogP contribution in [0.3, 0.4) is 0 Å². The molecule has 112 valence electrons. The van der Waals surface area contributed by atoms with Crippen molar-refractivity contribution in [1.82, 2.24) is 10.2 Å². The number of hydrogen-bond acceptors (Lipinski definition) is 3. The molecule has 0 amide bonds. The zero-order chi connectivity index (χ0) is 14.2. The molecule has 1 N–H and O–H groups in total. The average molecular weight is 276 g/mol. The van der Waals surface area contributed by atoms with E-state index in [1.165, 1.54) is 5.56 Å². The van der Waals surface area contributed by atoms with E-state index in [1.807, 2.05) is 0 Å². The fourth-order valence-electron chi connectivity index (χ4n) is 2.64. The van der Waals surface area contributed by atoms with Crippen LogP contribution in [0.5, 0.6) is 0 Å². The molecule has 20 heavy (non-hydrogen) atoms. The van der Waals surface area contributed by atoms with Crippen molar-refractivity contribution in [3.05, 3.63) is 35.9 Å². The Kier molecular flexibility index (Phi) is 6.51. The fraction of sp³-hybridized carbons (Fsp3) is 0.647. The molecule has 2 rings (SSSR count). The van der Waals surface area contributed by atoms with Crippen LogP contribution in [0.1, 0.15) is 32.3 Å². The zero-order valence-electron chi connectivity index (χ0n) is 12.8. The Labute approximate surface area is 123 Å². The third-order valence-electron chi connectivity index (χ3n) is 3.98. The molecule has 0 spiro atoms. The summed E-state index contributed by atoms with van der Waals surface area (Å²) in [5, 5.41) is 3.37. The summed E-state index contributed by atoms with van der Waals surface area (Å²) in [6, 6.07) is 11.2. The molecule has 0 atom stereocenters. The summed E-state index contributed by atoms with van der Waals surface area (Å²) in [6.45, 7) is 9.58. The Morgan fingerprint density at radius 2 is 1.90 bits per heavy atom. The number of ether oxygens (including phenoxy) is 1. The van der Waals surface area contributed by atoms with Gasteiger partial charge in [-0.15, -0.1) is 0 Å². The summed E-state index contributed by atoms with van der Waals surface area (Å²) in [5.74, 6) is 0. The molecule has 0 unspecified atom stereocenters. The van der Waals surface area contributed by atoms with Gasteiger partial charge in [0.25, 0.3) is 0 Å². The second-order valence-electron chi connectivity index (χ2n) is 5.87. The second kappa shape index (κ2) is 8.40. The molecule has 1 fully saturated rings. The van der Waals surface area contributed by atoms with Gasteiger partial charge in [-0.2, -0.15) is 0 Å². The molecule has 0 radical (unpaired) electrons. The lowest BCUT2D eigenvalue weighted by Gasteiger charge is -2.28. The summed E-state index contributed by atoms with van der Waals surface area (Å²) in [6.07, 6.45) is 2.77. The van der Waals surface area contributed by atoms with Crippen molar-refractivity contribution in [2.24, 2.45) is 0 Å². The molecular formula is C17H28N2O. The Morgan fingerprint density at radius 1 is 1.20 bits per heavy atom. The fourth-order valence-corrected chi connectivity index (χ4v) is 2.64. The molecule has 1 heterocycles. The van der Waals surface area contributed by atoms with E-state index in [9.17, 15) is 0 Å². The number of rotatable bonds is 7. The molecule has 3 heteroatoms. The highest BCUT2D eigenvalue weighted by molar-refractivity contribution is 5.14. The minimum Gasteiger partial charge on any atom is -0.377 e. The maximum Gasteiger partial charge on any atom is 0.0600 e. The van der Waals surface area contributed by atoms with Crippen LogP contribution < -0.4 is 5.32 Å². The van der Waals surface area contributed by atoms with Crippen LogP contribution in [-0.2, 0) is 11.3 Å². The number of nitrogens with zero attached hydrogens (tertiary/aromatic N) is 1. The largest absolute Gasteiger partial charge is 0.377 e. The molecule has 3 nitrogen and oxygen atoms in total. The van der Waals surface area contributed by atoms with Crippen molar-refractivity contribution in [3.63, 3.8) is 0 Å². The lowest BCUT2D eigenvalue weighted by molar-refractivity contribution is 0.0146. The number of nitrogens with one attached hydrogen (secondary N) is 1. The van der Waals surface area contributed by atoms with Gasteiger partial charge in [0.1, 0.15) is 0 Å². The van der Waals surface area contributed by atoms with Crippen molar-refractivity contribution in [3.8, 4) is 0 Å². The van der Waals surface area contributed by atoms with Crippen LogP contribution in [0.4, 0.5) is 0 Å². The molecule has 1 aromatic rings. The molecule has 1 aliphatic heterocycles. The van der Waals surface area contributed by atoms with Crippen LogP contribution in [0.25, 0.3) is 0 Å². The van der Waals surface area contributed by atoms with Gasteiger partial charge in [-0.1, -0.05) is 30.3 Å². The first-order valence-electron chi connectivity index (χ1n) is 7.86. The number of hydrogen-bond donors (Lipinski definition) is 1. The predicted molar refractivity (Wildman–Crippen MR) is 83.8 cm³/mol. The van der Waals surface area contributed by atoms with Crippen LogP contribution in [-0.4, -0.2) is 43.3 Å². The first kappa shape index (κ1) is 15.5. The second-order valence-corrected chi connectivity index (χ2v) is 5.87.